The molecule has 2 rings (SSSR count). The normalized spacial score (nSPS) is 24.8. The van der Waals surface area contributed by atoms with Crippen molar-refractivity contribution in [2.75, 3.05) is 11.6 Å². The van der Waals surface area contributed by atoms with Crippen molar-refractivity contribution < 1.29 is 13.5 Å². The molecule has 18 heavy (non-hydrogen) atoms. The first-order chi connectivity index (χ1) is 8.47. The summed E-state index contributed by atoms with van der Waals surface area (Å²) < 4.78 is 23.3. The topological polar surface area (TPSA) is 79.3 Å². The quantitative estimate of drug-likeness (QED) is 0.862. The van der Waals surface area contributed by atoms with Gasteiger partial charge in [0, 0.05) is 18.5 Å². The third kappa shape index (κ3) is 3.20. The Morgan fingerprint density at radius 3 is 2.89 bits per heavy atom. The molecular weight excluding hydrogens is 252 g/mol. The molecule has 100 valence electrons. The summed E-state index contributed by atoms with van der Waals surface area (Å²) in [6, 6.07) is 3.24. The number of hydrogen-bond acceptors (Lipinski definition) is 5. The van der Waals surface area contributed by atoms with Gasteiger partial charge in [-0.25, -0.2) is 13.4 Å². The molecule has 1 heterocycles. The second-order valence-electron chi connectivity index (χ2n) is 4.78. The monoisotopic (exact) mass is 270 g/mol. The molecule has 1 fully saturated rings. The van der Waals surface area contributed by atoms with Crippen molar-refractivity contribution >= 4 is 15.7 Å². The number of rotatable bonds is 3. The number of nitrogens with one attached hydrogen (secondary N) is 1. The lowest BCUT2D eigenvalue weighted by atomic mass is 9.93. The van der Waals surface area contributed by atoms with Gasteiger partial charge in [0.1, 0.15) is 10.7 Å². The van der Waals surface area contributed by atoms with Crippen molar-refractivity contribution in [2.45, 2.75) is 42.7 Å². The van der Waals surface area contributed by atoms with Crippen LogP contribution in [0, 0.1) is 0 Å². The van der Waals surface area contributed by atoms with Crippen molar-refractivity contribution in [3.05, 3.63) is 18.3 Å². The van der Waals surface area contributed by atoms with E-state index >= 15 is 0 Å². The molecule has 0 bridgehead atoms. The number of aromatic nitrogens is 1. The van der Waals surface area contributed by atoms with E-state index in [1.807, 2.05) is 0 Å². The number of hydrogen-bond donors (Lipinski definition) is 2. The summed E-state index contributed by atoms with van der Waals surface area (Å²) >= 11 is 0. The Kier molecular flexibility index (Phi) is 3.87. The minimum absolute atomic E-state index is 0.0872. The van der Waals surface area contributed by atoms with E-state index in [1.54, 1.807) is 18.3 Å². The molecule has 5 nitrogen and oxygen atoms in total. The van der Waals surface area contributed by atoms with Gasteiger partial charge < -0.3 is 10.4 Å². The van der Waals surface area contributed by atoms with Crippen LogP contribution in [-0.2, 0) is 9.84 Å². The van der Waals surface area contributed by atoms with Crippen molar-refractivity contribution in [3.63, 3.8) is 0 Å². The van der Waals surface area contributed by atoms with Crippen LogP contribution in [0.2, 0.25) is 0 Å². The van der Waals surface area contributed by atoms with E-state index in [1.165, 1.54) is 6.26 Å². The van der Waals surface area contributed by atoms with Gasteiger partial charge in [-0.15, -0.1) is 0 Å². The Morgan fingerprint density at radius 2 is 2.22 bits per heavy atom. The molecule has 1 saturated carbocycles. The number of anilines is 1. The number of nitrogens with zero attached hydrogens (tertiary/aromatic N) is 1. The molecular formula is C12H18N2O3S. The van der Waals surface area contributed by atoms with Gasteiger partial charge in [-0.1, -0.05) is 0 Å². The van der Waals surface area contributed by atoms with Crippen molar-refractivity contribution in [1.82, 2.24) is 4.98 Å². The fraction of sp³-hybridized carbons (Fsp3) is 0.583. The zero-order valence-corrected chi connectivity index (χ0v) is 11.2. The van der Waals surface area contributed by atoms with E-state index in [0.29, 0.717) is 12.2 Å². The Bertz CT molecular complexity index is 516. The smallest absolute Gasteiger partial charge is 0.179 e. The molecule has 2 unspecified atom stereocenters. The van der Waals surface area contributed by atoms with Gasteiger partial charge in [0.05, 0.1) is 6.10 Å². The molecule has 0 spiro atoms. The van der Waals surface area contributed by atoms with Gasteiger partial charge in [-0.2, -0.15) is 0 Å². The predicted molar refractivity (Wildman–Crippen MR) is 69.2 cm³/mol. The summed E-state index contributed by atoms with van der Waals surface area (Å²) in [4.78, 5) is 4.31. The van der Waals surface area contributed by atoms with Crippen LogP contribution in [0.15, 0.2) is 23.2 Å². The highest BCUT2D eigenvalue weighted by Gasteiger charge is 2.22. The van der Waals surface area contributed by atoms with Crippen LogP contribution >= 0.6 is 0 Å². The second kappa shape index (κ2) is 5.24. The summed E-state index contributed by atoms with van der Waals surface area (Å²) in [5.41, 5.74) is 0. The number of aliphatic hydroxyl groups excluding tert-OH is 1. The molecule has 2 N–H and O–H groups in total. The number of sulfone groups is 1. The maximum atomic E-state index is 11.6. The van der Waals surface area contributed by atoms with Crippen LogP contribution < -0.4 is 5.32 Å². The van der Waals surface area contributed by atoms with Gasteiger partial charge in [-0.3, -0.25) is 0 Å². The summed E-state index contributed by atoms with van der Waals surface area (Å²) in [7, 11) is -3.29. The lowest BCUT2D eigenvalue weighted by Crippen LogP contribution is -2.30. The molecule has 1 aromatic heterocycles. The second-order valence-corrected chi connectivity index (χ2v) is 6.77. The minimum Gasteiger partial charge on any atom is -0.393 e. The van der Waals surface area contributed by atoms with Crippen molar-refractivity contribution in [3.8, 4) is 0 Å². The molecule has 6 heteroatoms. The van der Waals surface area contributed by atoms with E-state index in [0.717, 1.165) is 19.3 Å². The highest BCUT2D eigenvalue weighted by Crippen LogP contribution is 2.24. The molecule has 0 aliphatic heterocycles. The van der Waals surface area contributed by atoms with Crippen molar-refractivity contribution in [2.24, 2.45) is 0 Å². The number of pyridine rings is 1. The molecule has 0 saturated heterocycles. The summed E-state index contributed by atoms with van der Waals surface area (Å²) in [5.74, 6) is 0.388. The van der Waals surface area contributed by atoms with E-state index < -0.39 is 9.84 Å². The molecule has 1 aromatic rings. The van der Waals surface area contributed by atoms with Gasteiger partial charge in [-0.05, 0) is 37.8 Å². The summed E-state index contributed by atoms with van der Waals surface area (Å²) in [6.07, 6.45) is 5.76. The van der Waals surface area contributed by atoms with Gasteiger partial charge >= 0.3 is 0 Å². The van der Waals surface area contributed by atoms with Crippen LogP contribution in [-0.4, -0.2) is 36.9 Å². The van der Waals surface area contributed by atoms with E-state index in [9.17, 15) is 13.5 Å². The molecule has 0 radical (unpaired) electrons. The summed E-state index contributed by atoms with van der Waals surface area (Å²) in [6.45, 7) is 0. The molecule has 2 atom stereocenters. The third-order valence-electron chi connectivity index (χ3n) is 3.16. The van der Waals surface area contributed by atoms with Crippen LogP contribution in [0.1, 0.15) is 25.7 Å². The van der Waals surface area contributed by atoms with Crippen LogP contribution in [0.3, 0.4) is 0 Å². The predicted octanol–water partition coefficient (Wildman–Crippen LogP) is 1.20. The van der Waals surface area contributed by atoms with E-state index in [4.69, 9.17) is 0 Å². The zero-order chi connectivity index (χ0) is 13.2. The third-order valence-corrected chi connectivity index (χ3v) is 4.29. The Morgan fingerprint density at radius 1 is 1.44 bits per heavy atom. The zero-order valence-electron chi connectivity index (χ0n) is 10.3. The minimum atomic E-state index is -3.29. The fourth-order valence-electron chi connectivity index (χ4n) is 2.29. The fourth-order valence-corrected chi connectivity index (χ4v) is 3.08. The highest BCUT2D eigenvalue weighted by molar-refractivity contribution is 7.90. The van der Waals surface area contributed by atoms with Crippen LogP contribution in [0.5, 0.6) is 0 Å². The Hall–Kier alpha value is -1.14. The first-order valence-corrected chi connectivity index (χ1v) is 7.95. The average Bonchev–Trinajstić information content (AvgIpc) is 2.28. The van der Waals surface area contributed by atoms with Crippen molar-refractivity contribution in [1.29, 1.82) is 0 Å². The molecule has 1 aliphatic carbocycles. The lowest BCUT2D eigenvalue weighted by molar-refractivity contribution is 0.124. The van der Waals surface area contributed by atoms with Gasteiger partial charge in [0.25, 0.3) is 0 Å². The molecule has 0 amide bonds. The SMILES string of the molecule is CS(=O)(=O)c1cccnc1NC1CCCC(O)C1. The Labute approximate surface area is 107 Å². The number of aliphatic hydroxyl groups is 1. The lowest BCUT2D eigenvalue weighted by Gasteiger charge is -2.27. The molecule has 0 aromatic carbocycles. The van der Waals surface area contributed by atoms with E-state index in [2.05, 4.69) is 10.3 Å². The standard InChI is InChI=1S/C12H18N2O3S/c1-18(16,17)11-6-3-7-13-12(11)14-9-4-2-5-10(15)8-9/h3,6-7,9-10,15H,2,4-5,8H2,1H3,(H,13,14). The van der Waals surface area contributed by atoms with E-state index in [-0.39, 0.29) is 17.0 Å². The Balaban J connectivity index is 2.19. The summed E-state index contributed by atoms with van der Waals surface area (Å²) in [5, 5.41) is 12.7. The first-order valence-electron chi connectivity index (χ1n) is 6.06. The first kappa shape index (κ1) is 13.3. The highest BCUT2D eigenvalue weighted by atomic mass is 32.2. The van der Waals surface area contributed by atoms with Crippen LogP contribution in [0.4, 0.5) is 5.82 Å². The largest absolute Gasteiger partial charge is 0.393 e. The van der Waals surface area contributed by atoms with Gasteiger partial charge in [0.2, 0.25) is 0 Å². The maximum Gasteiger partial charge on any atom is 0.179 e. The van der Waals surface area contributed by atoms with Crippen LogP contribution in [0.25, 0.3) is 0 Å². The molecule has 1 aliphatic rings. The average molecular weight is 270 g/mol. The maximum absolute atomic E-state index is 11.6. The van der Waals surface area contributed by atoms with Gasteiger partial charge in [0.15, 0.2) is 9.84 Å².